The minimum atomic E-state index is 0.0503. The van der Waals surface area contributed by atoms with E-state index in [0.717, 1.165) is 45.7 Å². The lowest BCUT2D eigenvalue weighted by Gasteiger charge is -2.26. The average Bonchev–Trinajstić information content (AvgIpc) is 2.21. The number of hydrogen-bond acceptors (Lipinski definition) is 3. The molecule has 1 fully saturated rings. The first-order valence-corrected chi connectivity index (χ1v) is 5.32. The van der Waals surface area contributed by atoms with Crippen LogP contribution in [0.5, 0.6) is 0 Å². The lowest BCUT2D eigenvalue weighted by Crippen LogP contribution is -2.31. The van der Waals surface area contributed by atoms with Crippen LogP contribution in [0.4, 0.5) is 0 Å². The van der Waals surface area contributed by atoms with E-state index in [4.69, 9.17) is 9.47 Å². The fourth-order valence-electron chi connectivity index (χ4n) is 1.53. The van der Waals surface area contributed by atoms with Crippen molar-refractivity contribution in [3.05, 3.63) is 0 Å². The zero-order valence-corrected chi connectivity index (χ0v) is 8.79. The van der Waals surface area contributed by atoms with Gasteiger partial charge in [-0.2, -0.15) is 0 Å². The number of hydrogen-bond donors (Lipinski definition) is 0. The Hall–Kier alpha value is -0.120. The smallest absolute Gasteiger partial charge is 0.158 e. The van der Waals surface area contributed by atoms with Gasteiger partial charge in [-0.1, -0.05) is 13.8 Å². The highest BCUT2D eigenvalue weighted by Gasteiger charge is 2.14. The molecule has 0 saturated carbocycles. The molecule has 0 aliphatic carbocycles. The van der Waals surface area contributed by atoms with Gasteiger partial charge in [0.2, 0.25) is 0 Å². The van der Waals surface area contributed by atoms with Crippen molar-refractivity contribution in [2.45, 2.75) is 33.0 Å². The van der Waals surface area contributed by atoms with Gasteiger partial charge in [-0.3, -0.25) is 0 Å². The lowest BCUT2D eigenvalue weighted by atomic mass is 10.3. The summed E-state index contributed by atoms with van der Waals surface area (Å²) in [6.45, 7) is 9.41. The third-order valence-corrected chi connectivity index (χ3v) is 2.47. The minimum absolute atomic E-state index is 0.0503. The predicted molar refractivity (Wildman–Crippen MR) is 52.7 cm³/mol. The monoisotopic (exact) mass is 187 g/mol. The quantitative estimate of drug-likeness (QED) is 0.650. The van der Waals surface area contributed by atoms with Gasteiger partial charge in [0.15, 0.2) is 6.29 Å². The van der Waals surface area contributed by atoms with E-state index in [1.165, 1.54) is 0 Å². The van der Waals surface area contributed by atoms with Gasteiger partial charge in [-0.15, -0.1) is 0 Å². The number of ether oxygens (including phenoxy) is 2. The molecule has 0 N–H and O–H groups in total. The molecule has 0 aromatic rings. The van der Waals surface area contributed by atoms with Crippen molar-refractivity contribution in [1.29, 1.82) is 0 Å². The molecule has 78 valence electrons. The van der Waals surface area contributed by atoms with Crippen molar-refractivity contribution in [3.63, 3.8) is 0 Å². The fraction of sp³-hybridized carbons (Fsp3) is 1.00. The number of rotatable bonds is 5. The molecule has 1 rings (SSSR count). The molecule has 0 amide bonds. The Labute approximate surface area is 81.0 Å². The summed E-state index contributed by atoms with van der Waals surface area (Å²) in [7, 11) is 0. The van der Waals surface area contributed by atoms with Crippen molar-refractivity contribution in [2.75, 3.05) is 32.8 Å². The SMILES string of the molecule is CCN(CC)CCC1OCCCO1. The molecule has 0 atom stereocenters. The Morgan fingerprint density at radius 3 is 2.31 bits per heavy atom. The van der Waals surface area contributed by atoms with Gasteiger partial charge < -0.3 is 14.4 Å². The second kappa shape index (κ2) is 6.35. The Kier molecular flexibility index (Phi) is 5.35. The summed E-state index contributed by atoms with van der Waals surface area (Å²) in [5.74, 6) is 0. The maximum Gasteiger partial charge on any atom is 0.158 e. The van der Waals surface area contributed by atoms with Crippen molar-refractivity contribution < 1.29 is 9.47 Å². The first-order valence-electron chi connectivity index (χ1n) is 5.32. The third kappa shape index (κ3) is 4.07. The van der Waals surface area contributed by atoms with E-state index in [0.29, 0.717) is 0 Å². The van der Waals surface area contributed by atoms with E-state index in [9.17, 15) is 0 Å². The third-order valence-electron chi connectivity index (χ3n) is 2.47. The summed E-state index contributed by atoms with van der Waals surface area (Å²) in [5.41, 5.74) is 0. The van der Waals surface area contributed by atoms with Crippen LogP contribution in [0.15, 0.2) is 0 Å². The normalized spacial score (nSPS) is 19.6. The minimum Gasteiger partial charge on any atom is -0.353 e. The molecule has 0 aromatic carbocycles. The van der Waals surface area contributed by atoms with Crippen LogP contribution in [-0.4, -0.2) is 44.0 Å². The summed E-state index contributed by atoms with van der Waals surface area (Å²) < 4.78 is 10.9. The highest BCUT2D eigenvalue weighted by atomic mass is 16.7. The van der Waals surface area contributed by atoms with Crippen LogP contribution in [0.1, 0.15) is 26.7 Å². The van der Waals surface area contributed by atoms with Crippen LogP contribution >= 0.6 is 0 Å². The van der Waals surface area contributed by atoms with Crippen LogP contribution in [0.3, 0.4) is 0 Å². The van der Waals surface area contributed by atoms with Crippen molar-refractivity contribution >= 4 is 0 Å². The van der Waals surface area contributed by atoms with Gasteiger partial charge >= 0.3 is 0 Å². The Morgan fingerprint density at radius 1 is 1.15 bits per heavy atom. The van der Waals surface area contributed by atoms with Gasteiger partial charge in [0, 0.05) is 13.0 Å². The summed E-state index contributed by atoms with van der Waals surface area (Å²) in [6.07, 6.45) is 2.10. The van der Waals surface area contributed by atoms with E-state index in [-0.39, 0.29) is 6.29 Å². The molecule has 1 aliphatic rings. The van der Waals surface area contributed by atoms with Gasteiger partial charge in [-0.05, 0) is 19.5 Å². The molecule has 1 aliphatic heterocycles. The second-order valence-corrected chi connectivity index (χ2v) is 3.34. The maximum absolute atomic E-state index is 5.47. The molecule has 3 heteroatoms. The molecule has 1 saturated heterocycles. The molecule has 0 unspecified atom stereocenters. The van der Waals surface area contributed by atoms with Crippen LogP contribution in [0.25, 0.3) is 0 Å². The van der Waals surface area contributed by atoms with Crippen molar-refractivity contribution in [2.24, 2.45) is 0 Å². The second-order valence-electron chi connectivity index (χ2n) is 3.34. The lowest BCUT2D eigenvalue weighted by molar-refractivity contribution is -0.182. The topological polar surface area (TPSA) is 21.7 Å². The van der Waals surface area contributed by atoms with E-state index in [1.54, 1.807) is 0 Å². The highest BCUT2D eigenvalue weighted by molar-refractivity contribution is 4.57. The van der Waals surface area contributed by atoms with Crippen LogP contribution in [0.2, 0.25) is 0 Å². The van der Waals surface area contributed by atoms with E-state index >= 15 is 0 Å². The van der Waals surface area contributed by atoms with Crippen molar-refractivity contribution in [3.8, 4) is 0 Å². The Balaban J connectivity index is 2.09. The maximum atomic E-state index is 5.47. The molecule has 0 spiro atoms. The number of nitrogens with zero attached hydrogens (tertiary/aromatic N) is 1. The van der Waals surface area contributed by atoms with Gasteiger partial charge in [0.1, 0.15) is 0 Å². The molecule has 13 heavy (non-hydrogen) atoms. The summed E-state index contributed by atoms with van der Waals surface area (Å²) in [6, 6.07) is 0. The molecule has 0 radical (unpaired) electrons. The van der Waals surface area contributed by atoms with Crippen LogP contribution < -0.4 is 0 Å². The van der Waals surface area contributed by atoms with Crippen LogP contribution in [0, 0.1) is 0 Å². The van der Waals surface area contributed by atoms with E-state index in [2.05, 4.69) is 18.7 Å². The average molecular weight is 187 g/mol. The molecular formula is C10H21NO2. The standard InChI is InChI=1S/C10H21NO2/c1-3-11(4-2)7-6-10-12-8-5-9-13-10/h10H,3-9H2,1-2H3. The van der Waals surface area contributed by atoms with E-state index < -0.39 is 0 Å². The summed E-state index contributed by atoms with van der Waals surface area (Å²) in [4.78, 5) is 2.39. The molecule has 0 bridgehead atoms. The fourth-order valence-corrected chi connectivity index (χ4v) is 1.53. The van der Waals surface area contributed by atoms with Gasteiger partial charge in [0.05, 0.1) is 13.2 Å². The van der Waals surface area contributed by atoms with E-state index in [1.807, 2.05) is 0 Å². The largest absolute Gasteiger partial charge is 0.353 e. The Bertz CT molecular complexity index is 120. The Morgan fingerprint density at radius 2 is 1.77 bits per heavy atom. The first kappa shape index (κ1) is 11.0. The molecular weight excluding hydrogens is 166 g/mol. The first-order chi connectivity index (χ1) is 6.36. The van der Waals surface area contributed by atoms with Gasteiger partial charge in [0.25, 0.3) is 0 Å². The van der Waals surface area contributed by atoms with Crippen LogP contribution in [-0.2, 0) is 9.47 Å². The summed E-state index contributed by atoms with van der Waals surface area (Å²) in [5, 5.41) is 0. The van der Waals surface area contributed by atoms with Gasteiger partial charge in [-0.25, -0.2) is 0 Å². The summed E-state index contributed by atoms with van der Waals surface area (Å²) >= 11 is 0. The predicted octanol–water partition coefficient (Wildman–Crippen LogP) is 1.48. The molecule has 1 heterocycles. The molecule has 3 nitrogen and oxygen atoms in total. The molecule has 0 aromatic heterocycles. The highest BCUT2D eigenvalue weighted by Crippen LogP contribution is 2.08. The van der Waals surface area contributed by atoms with Crippen molar-refractivity contribution in [1.82, 2.24) is 4.90 Å². The zero-order chi connectivity index (χ0) is 9.52. The zero-order valence-electron chi connectivity index (χ0n) is 8.79.